The highest BCUT2D eigenvalue weighted by Crippen LogP contribution is 2.17. The van der Waals surface area contributed by atoms with Gasteiger partial charge in [0.1, 0.15) is 11.5 Å². The Balaban J connectivity index is 1.89. The van der Waals surface area contributed by atoms with Gasteiger partial charge in [-0.2, -0.15) is 0 Å². The van der Waals surface area contributed by atoms with E-state index >= 15 is 0 Å². The number of rotatable bonds is 12. The van der Waals surface area contributed by atoms with Gasteiger partial charge in [-0.05, 0) is 50.2 Å². The van der Waals surface area contributed by atoms with E-state index in [2.05, 4.69) is 0 Å². The minimum Gasteiger partial charge on any atom is -0.494 e. The molecule has 0 fully saturated rings. The van der Waals surface area contributed by atoms with Gasteiger partial charge in [-0.1, -0.05) is 25.5 Å². The van der Waals surface area contributed by atoms with Crippen molar-refractivity contribution in [2.45, 2.75) is 39.9 Å². The molecule has 0 aliphatic rings. The van der Waals surface area contributed by atoms with Crippen LogP contribution in [0.1, 0.15) is 54.3 Å². The first-order chi connectivity index (χ1) is 14.6. The maximum absolute atomic E-state index is 12.2. The van der Waals surface area contributed by atoms with Gasteiger partial charge in [0, 0.05) is 6.42 Å². The van der Waals surface area contributed by atoms with Crippen LogP contribution in [0.25, 0.3) is 0 Å². The molecule has 0 radical (unpaired) electrons. The van der Waals surface area contributed by atoms with Crippen molar-refractivity contribution in [2.24, 2.45) is 0 Å². The van der Waals surface area contributed by atoms with Gasteiger partial charge in [-0.15, -0.1) is 9.78 Å². The monoisotopic (exact) mass is 418 g/mol. The summed E-state index contributed by atoms with van der Waals surface area (Å²) in [5, 5.41) is 0. The largest absolute Gasteiger partial charge is 0.494 e. The molecule has 0 aliphatic heterocycles. The molecule has 2 aromatic rings. The van der Waals surface area contributed by atoms with Crippen LogP contribution in [-0.2, 0) is 19.6 Å². The summed E-state index contributed by atoms with van der Waals surface area (Å²) in [6.45, 7) is 6.51. The van der Waals surface area contributed by atoms with Crippen molar-refractivity contribution in [3.8, 4) is 11.5 Å². The molecule has 0 heterocycles. The molecule has 0 bridgehead atoms. The van der Waals surface area contributed by atoms with Crippen molar-refractivity contribution in [2.75, 3.05) is 13.2 Å². The molecule has 0 N–H and O–H groups in total. The fourth-order valence-electron chi connectivity index (χ4n) is 2.40. The third-order valence-corrected chi connectivity index (χ3v) is 3.75. The van der Waals surface area contributed by atoms with Gasteiger partial charge in [0.05, 0.1) is 24.3 Å². The van der Waals surface area contributed by atoms with E-state index < -0.39 is 18.2 Å². The minimum absolute atomic E-state index is 0.251. The summed E-state index contributed by atoms with van der Waals surface area (Å²) in [7, 11) is 0. The van der Waals surface area contributed by atoms with E-state index in [1.807, 2.05) is 20.8 Å². The number of benzene rings is 2. The zero-order chi connectivity index (χ0) is 21.8. The number of hydrogen-bond acceptors (Lipinski definition) is 8. The van der Waals surface area contributed by atoms with E-state index in [4.69, 9.17) is 29.0 Å². The summed E-state index contributed by atoms with van der Waals surface area (Å²) in [4.78, 5) is 44.1. The second-order valence-corrected chi connectivity index (χ2v) is 6.07. The van der Waals surface area contributed by atoms with Crippen molar-refractivity contribution >= 4 is 11.9 Å². The van der Waals surface area contributed by atoms with Crippen LogP contribution in [-0.4, -0.2) is 31.4 Å². The molecule has 0 saturated carbocycles. The Hall–Kier alpha value is -3.10. The van der Waals surface area contributed by atoms with Gasteiger partial charge in [-0.25, -0.2) is 9.59 Å². The van der Waals surface area contributed by atoms with Crippen LogP contribution in [0.3, 0.4) is 0 Å². The van der Waals surface area contributed by atoms with Gasteiger partial charge < -0.3 is 9.47 Å². The molecule has 162 valence electrons. The third-order valence-electron chi connectivity index (χ3n) is 3.75. The summed E-state index contributed by atoms with van der Waals surface area (Å²) in [5.74, 6) is -0.373. The Labute approximate surface area is 175 Å². The summed E-state index contributed by atoms with van der Waals surface area (Å²) in [6, 6.07) is 13.0. The normalized spacial score (nSPS) is 10.5. The Kier molecular flexibility index (Phi) is 9.63. The quantitative estimate of drug-likeness (QED) is 0.283. The number of ether oxygens (including phenoxy) is 2. The first-order valence-electron chi connectivity index (χ1n) is 9.78. The lowest BCUT2D eigenvalue weighted by Gasteiger charge is -2.14. The Bertz CT molecular complexity index is 755. The van der Waals surface area contributed by atoms with Gasteiger partial charge in [0.25, 0.3) is 0 Å². The van der Waals surface area contributed by atoms with Crippen LogP contribution in [0.2, 0.25) is 0 Å². The Morgan fingerprint density at radius 2 is 1.23 bits per heavy atom. The standard InChI is InChI=1S/C22H26O8/c1-4-9-20(27-29-21(23)16-10-7-12-18(14-16)25-5-2)28-30-22(24)17-11-8-13-19(15-17)26-6-3/h7-8,10-15,20H,4-6,9H2,1-3H3. The fraction of sp³-hybridized carbons (Fsp3) is 0.364. The highest BCUT2D eigenvalue weighted by atomic mass is 17.3. The maximum Gasteiger partial charge on any atom is 0.373 e. The predicted molar refractivity (Wildman–Crippen MR) is 107 cm³/mol. The predicted octanol–water partition coefficient (Wildman–Crippen LogP) is 4.49. The molecule has 0 amide bonds. The van der Waals surface area contributed by atoms with Gasteiger partial charge in [0.2, 0.25) is 6.29 Å². The molecule has 0 unspecified atom stereocenters. The SMILES string of the molecule is CCCC(OOC(=O)c1cccc(OCC)c1)OOC(=O)c1cccc(OCC)c1. The van der Waals surface area contributed by atoms with Crippen LogP contribution in [0.5, 0.6) is 11.5 Å². The van der Waals surface area contributed by atoms with Gasteiger partial charge in [0.15, 0.2) is 0 Å². The fourth-order valence-corrected chi connectivity index (χ4v) is 2.40. The molecule has 0 aliphatic carbocycles. The molecule has 8 heteroatoms. The number of hydrogen-bond donors (Lipinski definition) is 0. The summed E-state index contributed by atoms with van der Waals surface area (Å²) in [5.41, 5.74) is 0.502. The molecule has 0 saturated heterocycles. The van der Waals surface area contributed by atoms with Crippen LogP contribution in [0.4, 0.5) is 0 Å². The number of carbonyl (C=O) groups excluding carboxylic acids is 2. The summed E-state index contributed by atoms with van der Waals surface area (Å²) < 4.78 is 10.7. The molecule has 2 aromatic carbocycles. The Morgan fingerprint density at radius 3 is 1.63 bits per heavy atom. The smallest absolute Gasteiger partial charge is 0.373 e. The van der Waals surface area contributed by atoms with Crippen molar-refractivity contribution in [3.63, 3.8) is 0 Å². The van der Waals surface area contributed by atoms with E-state index in [0.29, 0.717) is 37.6 Å². The molecule has 30 heavy (non-hydrogen) atoms. The van der Waals surface area contributed by atoms with Gasteiger partial charge >= 0.3 is 11.9 Å². The number of carbonyl (C=O) groups is 2. The summed E-state index contributed by atoms with van der Waals surface area (Å²) >= 11 is 0. The van der Waals surface area contributed by atoms with Crippen LogP contribution < -0.4 is 9.47 Å². The Morgan fingerprint density at radius 1 is 0.767 bits per heavy atom. The third kappa shape index (κ3) is 7.38. The van der Waals surface area contributed by atoms with E-state index in [9.17, 15) is 9.59 Å². The van der Waals surface area contributed by atoms with Crippen LogP contribution >= 0.6 is 0 Å². The van der Waals surface area contributed by atoms with E-state index in [1.165, 1.54) is 12.1 Å². The topological polar surface area (TPSA) is 89.5 Å². The molecule has 2 rings (SSSR count). The molecular weight excluding hydrogens is 392 g/mol. The minimum atomic E-state index is -1.08. The zero-order valence-corrected chi connectivity index (χ0v) is 17.3. The molecule has 0 atom stereocenters. The van der Waals surface area contributed by atoms with Gasteiger partial charge in [-0.3, -0.25) is 9.78 Å². The molecule has 8 nitrogen and oxygen atoms in total. The van der Waals surface area contributed by atoms with Crippen molar-refractivity contribution in [1.29, 1.82) is 0 Å². The average molecular weight is 418 g/mol. The van der Waals surface area contributed by atoms with Crippen molar-refractivity contribution < 1.29 is 38.6 Å². The molecule has 0 spiro atoms. The highest BCUT2D eigenvalue weighted by molar-refractivity contribution is 5.89. The first kappa shape index (κ1) is 23.2. The van der Waals surface area contributed by atoms with Crippen LogP contribution in [0.15, 0.2) is 48.5 Å². The zero-order valence-electron chi connectivity index (χ0n) is 17.3. The molecule has 0 aromatic heterocycles. The highest BCUT2D eigenvalue weighted by Gasteiger charge is 2.19. The lowest BCUT2D eigenvalue weighted by atomic mass is 10.2. The van der Waals surface area contributed by atoms with Crippen molar-refractivity contribution in [3.05, 3.63) is 59.7 Å². The van der Waals surface area contributed by atoms with E-state index in [1.54, 1.807) is 36.4 Å². The average Bonchev–Trinajstić information content (AvgIpc) is 2.76. The second-order valence-electron chi connectivity index (χ2n) is 6.07. The molecular formula is C22H26O8. The maximum atomic E-state index is 12.2. The first-order valence-corrected chi connectivity index (χ1v) is 9.78. The van der Waals surface area contributed by atoms with E-state index in [-0.39, 0.29) is 11.1 Å². The lowest BCUT2D eigenvalue weighted by molar-refractivity contribution is -0.421. The van der Waals surface area contributed by atoms with Crippen LogP contribution in [0, 0.1) is 0 Å². The van der Waals surface area contributed by atoms with Crippen molar-refractivity contribution in [1.82, 2.24) is 0 Å². The second kappa shape index (κ2) is 12.5. The summed E-state index contributed by atoms with van der Waals surface area (Å²) in [6.07, 6.45) is -0.106. The lowest BCUT2D eigenvalue weighted by Crippen LogP contribution is -2.22. The van der Waals surface area contributed by atoms with E-state index in [0.717, 1.165) is 0 Å².